The Morgan fingerprint density at radius 1 is 1.00 bits per heavy atom. The summed E-state index contributed by atoms with van der Waals surface area (Å²) in [6, 6.07) is 9.21. The standard InChI is InChI=1S/C28H39N3O7/c1-4-7-9-10-22(23(6-3)31(36)19-32)26(33)29-18-30-27(34)25-16-15-24(38-25)20-11-13-21(14-12-20)28(35)37-17-8-5-2/h11-16,19,22-23,36H,4-10,17-18H2,1-3H3,(H,29,33)(H,30,34)/t22-,23?/m1/s1. The van der Waals surface area contributed by atoms with Gasteiger partial charge in [-0.25, -0.2) is 9.86 Å². The van der Waals surface area contributed by atoms with Gasteiger partial charge < -0.3 is 19.8 Å². The molecule has 0 fully saturated rings. The Hall–Kier alpha value is -3.66. The first kappa shape index (κ1) is 30.6. The fraction of sp³-hybridized carbons (Fsp3) is 0.500. The number of hydrogen-bond acceptors (Lipinski definition) is 7. The summed E-state index contributed by atoms with van der Waals surface area (Å²) in [5.74, 6) is -1.36. The third-order valence-corrected chi connectivity index (χ3v) is 6.26. The van der Waals surface area contributed by atoms with E-state index in [0.29, 0.717) is 47.8 Å². The van der Waals surface area contributed by atoms with Crippen molar-refractivity contribution in [3.05, 3.63) is 47.7 Å². The Morgan fingerprint density at radius 3 is 2.34 bits per heavy atom. The molecule has 0 aliphatic heterocycles. The molecule has 1 aromatic heterocycles. The average Bonchev–Trinajstić information content (AvgIpc) is 3.43. The number of esters is 1. The first-order chi connectivity index (χ1) is 18.4. The van der Waals surface area contributed by atoms with E-state index >= 15 is 0 Å². The van der Waals surface area contributed by atoms with Gasteiger partial charge in [-0.1, -0.05) is 58.6 Å². The predicted octanol–water partition coefficient (Wildman–Crippen LogP) is 4.53. The number of benzene rings is 1. The van der Waals surface area contributed by atoms with Gasteiger partial charge in [-0.05, 0) is 43.5 Å². The summed E-state index contributed by atoms with van der Waals surface area (Å²) >= 11 is 0. The van der Waals surface area contributed by atoms with E-state index in [2.05, 4.69) is 10.6 Å². The van der Waals surface area contributed by atoms with Crippen LogP contribution in [-0.4, -0.2) is 53.8 Å². The van der Waals surface area contributed by atoms with Crippen molar-refractivity contribution in [3.8, 4) is 11.3 Å². The Bertz CT molecular complexity index is 1040. The fourth-order valence-electron chi connectivity index (χ4n) is 4.05. The van der Waals surface area contributed by atoms with Gasteiger partial charge in [-0.2, -0.15) is 0 Å². The van der Waals surface area contributed by atoms with Crippen molar-refractivity contribution >= 4 is 24.2 Å². The number of rotatable bonds is 17. The van der Waals surface area contributed by atoms with Crippen molar-refractivity contribution in [3.63, 3.8) is 0 Å². The highest BCUT2D eigenvalue weighted by atomic mass is 16.5. The molecule has 2 rings (SSSR count). The number of carbonyl (C=O) groups is 4. The van der Waals surface area contributed by atoms with Crippen molar-refractivity contribution < 1.29 is 33.5 Å². The SMILES string of the molecule is CCCCC[C@@H](C(=O)NCNC(=O)c1ccc(-c2ccc(C(=O)OCCCC)cc2)o1)C(CC)N(O)C=O. The molecule has 0 saturated heterocycles. The Balaban J connectivity index is 1.94. The van der Waals surface area contributed by atoms with Crippen LogP contribution in [0.25, 0.3) is 11.3 Å². The molecular formula is C28H39N3O7. The summed E-state index contributed by atoms with van der Waals surface area (Å²) in [7, 11) is 0. The van der Waals surface area contributed by atoms with E-state index in [0.717, 1.165) is 32.1 Å². The normalized spacial score (nSPS) is 12.3. The minimum Gasteiger partial charge on any atom is -0.462 e. The molecule has 0 radical (unpaired) electrons. The average molecular weight is 530 g/mol. The molecule has 0 bridgehead atoms. The van der Waals surface area contributed by atoms with Crippen LogP contribution in [0.2, 0.25) is 0 Å². The number of carbonyl (C=O) groups excluding carboxylic acids is 4. The fourth-order valence-corrected chi connectivity index (χ4v) is 4.05. The maximum absolute atomic E-state index is 12.8. The van der Waals surface area contributed by atoms with Gasteiger partial charge >= 0.3 is 5.97 Å². The maximum atomic E-state index is 12.8. The molecule has 2 atom stereocenters. The number of hydroxylamine groups is 2. The monoisotopic (exact) mass is 529 g/mol. The molecule has 38 heavy (non-hydrogen) atoms. The predicted molar refractivity (Wildman–Crippen MR) is 141 cm³/mol. The lowest BCUT2D eigenvalue weighted by Gasteiger charge is -2.29. The van der Waals surface area contributed by atoms with Crippen LogP contribution in [-0.2, 0) is 14.3 Å². The van der Waals surface area contributed by atoms with Crippen molar-refractivity contribution in [2.24, 2.45) is 5.92 Å². The summed E-state index contributed by atoms with van der Waals surface area (Å²) in [6.07, 6.45) is 5.64. The zero-order valence-corrected chi connectivity index (χ0v) is 22.4. The molecule has 2 aromatic rings. The Labute approximate surface area is 223 Å². The molecular weight excluding hydrogens is 490 g/mol. The lowest BCUT2D eigenvalue weighted by Crippen LogP contribution is -2.47. The first-order valence-electron chi connectivity index (χ1n) is 13.2. The number of hydrogen-bond donors (Lipinski definition) is 3. The zero-order valence-electron chi connectivity index (χ0n) is 22.4. The van der Waals surface area contributed by atoms with E-state index in [1.165, 1.54) is 6.07 Å². The molecule has 3 N–H and O–H groups in total. The Morgan fingerprint density at radius 2 is 1.71 bits per heavy atom. The second-order valence-corrected chi connectivity index (χ2v) is 9.02. The number of nitrogens with one attached hydrogen (secondary N) is 2. The largest absolute Gasteiger partial charge is 0.462 e. The quantitative estimate of drug-likeness (QED) is 0.0683. The number of nitrogens with zero attached hydrogens (tertiary/aromatic N) is 1. The zero-order chi connectivity index (χ0) is 27.9. The molecule has 0 spiro atoms. The molecule has 1 aromatic carbocycles. The van der Waals surface area contributed by atoms with Crippen molar-refractivity contribution in [2.45, 2.75) is 71.8 Å². The van der Waals surface area contributed by atoms with Crippen molar-refractivity contribution in [1.29, 1.82) is 0 Å². The van der Waals surface area contributed by atoms with E-state index in [4.69, 9.17) is 9.15 Å². The van der Waals surface area contributed by atoms with Gasteiger partial charge in [0.05, 0.1) is 30.8 Å². The molecule has 1 unspecified atom stereocenters. The van der Waals surface area contributed by atoms with Gasteiger partial charge in [0.15, 0.2) is 5.76 Å². The molecule has 1 heterocycles. The van der Waals surface area contributed by atoms with E-state index < -0.39 is 17.9 Å². The molecule has 3 amide bonds. The molecule has 0 aliphatic carbocycles. The summed E-state index contributed by atoms with van der Waals surface area (Å²) < 4.78 is 10.9. The number of amides is 3. The smallest absolute Gasteiger partial charge is 0.338 e. The third-order valence-electron chi connectivity index (χ3n) is 6.26. The molecule has 10 nitrogen and oxygen atoms in total. The number of ether oxygens (including phenoxy) is 1. The number of furan rings is 1. The molecule has 208 valence electrons. The molecule has 0 aliphatic rings. The van der Waals surface area contributed by atoms with Crippen LogP contribution in [0.4, 0.5) is 0 Å². The van der Waals surface area contributed by atoms with Gasteiger partial charge in [-0.3, -0.25) is 19.6 Å². The third kappa shape index (κ3) is 9.02. The van der Waals surface area contributed by atoms with Crippen LogP contribution in [0.15, 0.2) is 40.8 Å². The minimum absolute atomic E-state index is 0.0609. The van der Waals surface area contributed by atoms with Crippen LogP contribution < -0.4 is 10.6 Å². The van der Waals surface area contributed by atoms with E-state index in [9.17, 15) is 24.4 Å². The van der Waals surface area contributed by atoms with Gasteiger partial charge in [0.25, 0.3) is 5.91 Å². The van der Waals surface area contributed by atoms with Crippen LogP contribution in [0, 0.1) is 5.92 Å². The van der Waals surface area contributed by atoms with Crippen molar-refractivity contribution in [2.75, 3.05) is 13.3 Å². The van der Waals surface area contributed by atoms with Crippen LogP contribution in [0.3, 0.4) is 0 Å². The van der Waals surface area contributed by atoms with Gasteiger partial charge in [0.2, 0.25) is 12.3 Å². The summed E-state index contributed by atoms with van der Waals surface area (Å²) in [4.78, 5) is 48.5. The Kier molecular flexibility index (Phi) is 13.1. The summed E-state index contributed by atoms with van der Waals surface area (Å²) in [5, 5.41) is 15.7. The molecule has 0 saturated carbocycles. The van der Waals surface area contributed by atoms with Gasteiger partial charge in [-0.15, -0.1) is 0 Å². The lowest BCUT2D eigenvalue weighted by molar-refractivity contribution is -0.168. The van der Waals surface area contributed by atoms with Crippen molar-refractivity contribution in [1.82, 2.24) is 15.7 Å². The topological polar surface area (TPSA) is 138 Å². The lowest BCUT2D eigenvalue weighted by atomic mass is 9.90. The van der Waals surface area contributed by atoms with Crippen LogP contribution in [0.5, 0.6) is 0 Å². The highest BCUT2D eigenvalue weighted by Crippen LogP contribution is 2.23. The molecule has 10 heteroatoms. The highest BCUT2D eigenvalue weighted by Gasteiger charge is 2.30. The first-order valence-corrected chi connectivity index (χ1v) is 13.2. The summed E-state index contributed by atoms with van der Waals surface area (Å²) in [5.41, 5.74) is 1.12. The highest BCUT2D eigenvalue weighted by molar-refractivity contribution is 5.92. The van der Waals surface area contributed by atoms with E-state index in [-0.39, 0.29) is 24.3 Å². The van der Waals surface area contributed by atoms with E-state index in [1.807, 2.05) is 13.8 Å². The van der Waals surface area contributed by atoms with Crippen LogP contribution >= 0.6 is 0 Å². The van der Waals surface area contributed by atoms with Crippen LogP contribution in [0.1, 0.15) is 86.6 Å². The van der Waals surface area contributed by atoms with Gasteiger partial charge in [0, 0.05) is 5.56 Å². The second-order valence-electron chi connectivity index (χ2n) is 9.02. The van der Waals surface area contributed by atoms with E-state index in [1.54, 1.807) is 37.3 Å². The second kappa shape index (κ2) is 16.2. The summed E-state index contributed by atoms with van der Waals surface area (Å²) in [6.45, 7) is 6.10. The maximum Gasteiger partial charge on any atom is 0.338 e. The van der Waals surface area contributed by atoms with Gasteiger partial charge in [0.1, 0.15) is 5.76 Å². The number of unbranched alkanes of at least 4 members (excludes halogenated alkanes) is 3. The minimum atomic E-state index is -0.655.